The number of nitrogens with zero attached hydrogens (tertiary/aromatic N) is 1. The van der Waals surface area contributed by atoms with E-state index >= 15 is 0 Å². The van der Waals surface area contributed by atoms with Gasteiger partial charge >= 0.3 is 0 Å². The van der Waals surface area contributed by atoms with Gasteiger partial charge in [-0.1, -0.05) is 6.07 Å². The lowest BCUT2D eigenvalue weighted by Gasteiger charge is -2.25. The van der Waals surface area contributed by atoms with Crippen LogP contribution in [0.2, 0.25) is 0 Å². The van der Waals surface area contributed by atoms with Crippen LogP contribution >= 0.6 is 11.3 Å². The highest BCUT2D eigenvalue weighted by atomic mass is 32.2. The van der Waals surface area contributed by atoms with Crippen LogP contribution in [0.15, 0.2) is 21.7 Å². The number of carbonyl (C=O) groups excluding carboxylic acids is 2. The van der Waals surface area contributed by atoms with Gasteiger partial charge in [-0.3, -0.25) is 9.59 Å². The molecule has 5 nitrogen and oxygen atoms in total. The molecule has 1 fully saturated rings. The normalized spacial score (nSPS) is 16.9. The molecule has 18 heavy (non-hydrogen) atoms. The van der Waals surface area contributed by atoms with Gasteiger partial charge in [0.1, 0.15) is 15.7 Å². The van der Waals surface area contributed by atoms with Gasteiger partial charge in [-0.05, 0) is 11.4 Å². The minimum atomic E-state index is -3.54. The molecule has 0 N–H and O–H groups in total. The number of hydrogen-bond acceptors (Lipinski definition) is 5. The highest BCUT2D eigenvalue weighted by Crippen LogP contribution is 2.18. The number of Topliss-reactive ketones (excluding diaryl/α,β-unsaturated/α-hetero) is 1. The van der Waals surface area contributed by atoms with E-state index < -0.39 is 21.5 Å². The third kappa shape index (κ3) is 2.97. The molecule has 98 valence electrons. The lowest BCUT2D eigenvalue weighted by Crippen LogP contribution is -2.41. The van der Waals surface area contributed by atoms with Crippen molar-refractivity contribution in [3.05, 3.63) is 17.5 Å². The Kier molecular flexibility index (Phi) is 3.82. The van der Waals surface area contributed by atoms with Crippen LogP contribution < -0.4 is 0 Å². The van der Waals surface area contributed by atoms with Crippen LogP contribution in [-0.2, 0) is 19.4 Å². The molecule has 1 aromatic rings. The Labute approximate surface area is 109 Å². The number of likely N-dealkylation sites (tertiary alicyclic amines) is 1. The zero-order chi connectivity index (χ0) is 13.2. The minimum Gasteiger partial charge on any atom is -0.341 e. The molecule has 0 aromatic carbocycles. The molecule has 0 unspecified atom stereocenters. The maximum atomic E-state index is 11.9. The molecule has 1 saturated heterocycles. The van der Waals surface area contributed by atoms with E-state index in [4.69, 9.17) is 0 Å². The van der Waals surface area contributed by atoms with Crippen LogP contribution in [0.25, 0.3) is 0 Å². The van der Waals surface area contributed by atoms with Crippen LogP contribution in [0.5, 0.6) is 0 Å². The summed E-state index contributed by atoms with van der Waals surface area (Å²) in [6.45, 7) is 0.662. The maximum absolute atomic E-state index is 11.9. The van der Waals surface area contributed by atoms with E-state index in [1.807, 2.05) is 0 Å². The third-order valence-corrected chi connectivity index (χ3v) is 5.88. The fourth-order valence-corrected chi connectivity index (χ4v) is 4.09. The van der Waals surface area contributed by atoms with Gasteiger partial charge in [0.05, 0.1) is 0 Å². The lowest BCUT2D eigenvalue weighted by molar-refractivity contribution is -0.132. The molecular weight excluding hydrogens is 274 g/mol. The van der Waals surface area contributed by atoms with Gasteiger partial charge in [-0.2, -0.15) is 0 Å². The van der Waals surface area contributed by atoms with E-state index in [1.54, 1.807) is 11.4 Å². The van der Waals surface area contributed by atoms with Crippen molar-refractivity contribution < 1.29 is 18.0 Å². The van der Waals surface area contributed by atoms with Crippen molar-refractivity contribution >= 4 is 32.9 Å². The first-order valence-corrected chi connectivity index (χ1v) is 8.08. The Bertz CT molecular complexity index is 538. The number of sulfone groups is 1. The summed E-state index contributed by atoms with van der Waals surface area (Å²) < 4.78 is 24.0. The number of rotatable bonds is 3. The topological polar surface area (TPSA) is 71.5 Å². The largest absolute Gasteiger partial charge is 0.341 e. The monoisotopic (exact) mass is 287 g/mol. The highest BCUT2D eigenvalue weighted by Gasteiger charge is 2.26. The van der Waals surface area contributed by atoms with Gasteiger partial charge in [0.25, 0.3) is 0 Å². The molecule has 0 bridgehead atoms. The third-order valence-electron chi connectivity index (χ3n) is 2.79. The fraction of sp³-hybridized carbons (Fsp3) is 0.455. The van der Waals surface area contributed by atoms with Crippen molar-refractivity contribution in [1.82, 2.24) is 4.90 Å². The molecule has 7 heteroatoms. The number of hydrogen-bond donors (Lipinski definition) is 0. The average Bonchev–Trinajstić information content (AvgIpc) is 2.83. The summed E-state index contributed by atoms with van der Waals surface area (Å²) in [5.41, 5.74) is 0. The molecule has 0 aliphatic carbocycles. The summed E-state index contributed by atoms with van der Waals surface area (Å²) in [4.78, 5) is 24.4. The maximum Gasteiger partial charge on any atom is 0.238 e. The smallest absolute Gasteiger partial charge is 0.238 e. The van der Waals surface area contributed by atoms with Crippen LogP contribution in [0.3, 0.4) is 0 Å². The van der Waals surface area contributed by atoms with E-state index in [9.17, 15) is 18.0 Å². The molecule has 0 atom stereocenters. The Hall–Kier alpha value is -1.21. The summed E-state index contributed by atoms with van der Waals surface area (Å²) in [5, 5.41) is 1.66. The average molecular weight is 287 g/mol. The number of amides is 1. The summed E-state index contributed by atoms with van der Waals surface area (Å²) in [6.07, 6.45) is 0.648. The fourth-order valence-electron chi connectivity index (χ4n) is 1.77. The molecule has 2 rings (SSSR count). The highest BCUT2D eigenvalue weighted by molar-refractivity contribution is 7.94. The standard InChI is InChI=1S/C11H13NO4S2/c13-9-3-5-12(6-4-9)10(14)8-18(15,16)11-2-1-7-17-11/h1-2,7H,3-6,8H2. The van der Waals surface area contributed by atoms with Crippen LogP contribution in [0.1, 0.15) is 12.8 Å². The number of ketones is 1. The summed E-state index contributed by atoms with van der Waals surface area (Å²) in [6, 6.07) is 3.13. The van der Waals surface area contributed by atoms with Crippen molar-refractivity contribution in [1.29, 1.82) is 0 Å². The van der Waals surface area contributed by atoms with Gasteiger partial charge in [0.2, 0.25) is 5.91 Å². The first-order valence-electron chi connectivity index (χ1n) is 5.55. The van der Waals surface area contributed by atoms with Crippen molar-refractivity contribution in [2.75, 3.05) is 18.8 Å². The minimum absolute atomic E-state index is 0.125. The van der Waals surface area contributed by atoms with E-state index in [1.165, 1.54) is 11.0 Å². The van der Waals surface area contributed by atoms with Crippen molar-refractivity contribution in [2.45, 2.75) is 17.1 Å². The van der Waals surface area contributed by atoms with E-state index in [2.05, 4.69) is 0 Å². The van der Waals surface area contributed by atoms with Crippen LogP contribution in [0, 0.1) is 0 Å². The molecular formula is C11H13NO4S2. The SMILES string of the molecule is O=C1CCN(C(=O)CS(=O)(=O)c2cccs2)CC1. The molecule has 0 radical (unpaired) electrons. The van der Waals surface area contributed by atoms with Crippen LogP contribution in [-0.4, -0.2) is 43.9 Å². The van der Waals surface area contributed by atoms with Crippen molar-refractivity contribution in [3.8, 4) is 0 Å². The first kappa shape index (κ1) is 13.2. The molecule has 1 amide bonds. The summed E-state index contributed by atoms with van der Waals surface area (Å²) >= 11 is 1.11. The molecule has 1 aliphatic heterocycles. The molecule has 2 heterocycles. The predicted molar refractivity (Wildman–Crippen MR) is 67.2 cm³/mol. The second-order valence-electron chi connectivity index (χ2n) is 4.11. The Balaban J connectivity index is 2.01. The first-order chi connectivity index (χ1) is 8.49. The van der Waals surface area contributed by atoms with E-state index in [0.29, 0.717) is 25.9 Å². The number of carbonyl (C=O) groups is 2. The van der Waals surface area contributed by atoms with Crippen LogP contribution in [0.4, 0.5) is 0 Å². The second kappa shape index (κ2) is 5.19. The van der Waals surface area contributed by atoms with Gasteiger partial charge in [-0.15, -0.1) is 11.3 Å². The summed E-state index contributed by atoms with van der Waals surface area (Å²) in [5.74, 6) is -0.808. The molecule has 1 aliphatic rings. The summed E-state index contributed by atoms with van der Waals surface area (Å²) in [7, 11) is -3.54. The Morgan fingerprint density at radius 1 is 1.33 bits per heavy atom. The Morgan fingerprint density at radius 2 is 2.00 bits per heavy atom. The lowest BCUT2D eigenvalue weighted by atomic mass is 10.1. The van der Waals surface area contributed by atoms with E-state index in [0.717, 1.165) is 11.3 Å². The Morgan fingerprint density at radius 3 is 2.56 bits per heavy atom. The van der Waals surface area contributed by atoms with Gasteiger partial charge in [-0.25, -0.2) is 8.42 Å². The zero-order valence-corrected chi connectivity index (χ0v) is 11.3. The second-order valence-corrected chi connectivity index (χ2v) is 7.27. The van der Waals surface area contributed by atoms with Crippen molar-refractivity contribution in [2.24, 2.45) is 0 Å². The van der Waals surface area contributed by atoms with Gasteiger partial charge < -0.3 is 4.90 Å². The molecule has 1 aromatic heterocycles. The van der Waals surface area contributed by atoms with E-state index in [-0.39, 0.29) is 9.99 Å². The quantitative estimate of drug-likeness (QED) is 0.821. The number of thiophene rings is 1. The molecule has 0 saturated carbocycles. The van der Waals surface area contributed by atoms with Gasteiger partial charge in [0, 0.05) is 25.9 Å². The molecule has 0 spiro atoms. The van der Waals surface area contributed by atoms with Gasteiger partial charge in [0.15, 0.2) is 9.84 Å². The zero-order valence-electron chi connectivity index (χ0n) is 9.66. The predicted octanol–water partition coefficient (Wildman–Crippen LogP) is 0.713. The van der Waals surface area contributed by atoms with Crippen molar-refractivity contribution in [3.63, 3.8) is 0 Å². The number of piperidine rings is 1.